The molecule has 1 fully saturated rings. The van der Waals surface area contributed by atoms with Gasteiger partial charge in [-0.1, -0.05) is 68.3 Å². The van der Waals surface area contributed by atoms with Crippen LogP contribution in [0.25, 0.3) is 22.1 Å². The Labute approximate surface area is 166 Å². The lowest BCUT2D eigenvalue weighted by Crippen LogP contribution is -2.43. The van der Waals surface area contributed by atoms with Gasteiger partial charge in [0, 0.05) is 24.0 Å². The normalized spacial score (nSPS) is 15.7. The third kappa shape index (κ3) is 3.69. The molecule has 0 aliphatic carbocycles. The summed E-state index contributed by atoms with van der Waals surface area (Å²) >= 11 is 0. The highest BCUT2D eigenvalue weighted by Gasteiger charge is 2.32. The van der Waals surface area contributed by atoms with Gasteiger partial charge in [-0.15, -0.1) is 0 Å². The van der Waals surface area contributed by atoms with E-state index in [-0.39, 0.29) is 11.8 Å². The Bertz CT molecular complexity index is 925. The van der Waals surface area contributed by atoms with Crippen molar-refractivity contribution in [3.63, 3.8) is 0 Å². The summed E-state index contributed by atoms with van der Waals surface area (Å²) in [5.41, 5.74) is 2.99. The Kier molecular flexibility index (Phi) is 5.77. The number of ether oxygens (including phenoxy) is 1. The predicted octanol–water partition coefficient (Wildman–Crippen LogP) is 5.23. The fraction of sp³-hybridized carbons (Fsp3) is 0.375. The fourth-order valence-electron chi connectivity index (χ4n) is 3.99. The highest BCUT2D eigenvalue weighted by molar-refractivity contribution is 5.98. The topological polar surface area (TPSA) is 42.7 Å². The van der Waals surface area contributed by atoms with Gasteiger partial charge in [0.1, 0.15) is 11.3 Å². The minimum absolute atomic E-state index is 0.160. The lowest BCUT2D eigenvalue weighted by Gasteiger charge is -2.30. The van der Waals surface area contributed by atoms with Crippen LogP contribution in [0.5, 0.6) is 0 Å². The summed E-state index contributed by atoms with van der Waals surface area (Å²) in [6.45, 7) is 4.69. The largest absolute Gasteiger partial charge is 0.460 e. The molecule has 3 aromatic rings. The van der Waals surface area contributed by atoms with Crippen LogP contribution >= 0.6 is 0 Å². The van der Waals surface area contributed by atoms with Gasteiger partial charge in [0.2, 0.25) is 5.91 Å². The monoisotopic (exact) mass is 377 g/mol. The Hall–Kier alpha value is -2.59. The highest BCUT2D eigenvalue weighted by Crippen LogP contribution is 2.41. The zero-order valence-corrected chi connectivity index (χ0v) is 16.4. The Morgan fingerprint density at radius 2 is 1.75 bits per heavy atom. The number of hydrogen-bond donors (Lipinski definition) is 0. The number of benzene rings is 2. The van der Waals surface area contributed by atoms with E-state index >= 15 is 0 Å². The first-order chi connectivity index (χ1) is 13.8. The smallest absolute Gasteiger partial charge is 0.233 e. The molecule has 28 heavy (non-hydrogen) atoms. The molecular formula is C24H27NO3. The minimum atomic E-state index is -0.263. The molecule has 1 amide bonds. The first-order valence-corrected chi connectivity index (χ1v) is 10.2. The Balaban J connectivity index is 1.82. The van der Waals surface area contributed by atoms with Gasteiger partial charge in [-0.3, -0.25) is 4.79 Å². The average molecular weight is 377 g/mol. The summed E-state index contributed by atoms with van der Waals surface area (Å²) in [5, 5.41) is 1.07. The number of morpholine rings is 1. The Morgan fingerprint density at radius 1 is 1.04 bits per heavy atom. The highest BCUT2D eigenvalue weighted by atomic mass is 16.5. The number of fused-ring (bicyclic) bond motifs is 1. The molecule has 0 bridgehead atoms. The standard InChI is InChI=1S/C24H27NO3/c1-2-3-11-20(24(26)25-14-16-27-17-15-25)23-22(18-9-5-4-6-10-18)19-12-7-8-13-21(19)28-23/h4-10,12-13,20H,2-3,11,14-17H2,1H3. The number of nitrogens with zero attached hydrogens (tertiary/aromatic N) is 1. The quantitative estimate of drug-likeness (QED) is 0.590. The van der Waals surface area contributed by atoms with Crippen molar-refractivity contribution in [1.82, 2.24) is 4.90 Å². The second kappa shape index (κ2) is 8.61. The molecule has 1 atom stereocenters. The SMILES string of the molecule is CCCCC(C(=O)N1CCOCC1)c1oc2ccccc2c1-c1ccccc1. The number of furan rings is 1. The molecule has 4 rings (SSSR count). The third-order valence-corrected chi connectivity index (χ3v) is 5.47. The fourth-order valence-corrected chi connectivity index (χ4v) is 3.99. The van der Waals surface area contributed by atoms with Crippen LogP contribution < -0.4 is 0 Å². The molecule has 1 saturated heterocycles. The predicted molar refractivity (Wildman–Crippen MR) is 111 cm³/mol. The van der Waals surface area contributed by atoms with E-state index in [4.69, 9.17) is 9.15 Å². The average Bonchev–Trinajstić information content (AvgIpc) is 3.14. The first kappa shape index (κ1) is 18.8. The van der Waals surface area contributed by atoms with Crippen LogP contribution in [-0.4, -0.2) is 37.1 Å². The van der Waals surface area contributed by atoms with E-state index in [2.05, 4.69) is 25.1 Å². The van der Waals surface area contributed by atoms with Gasteiger partial charge in [-0.05, 0) is 18.1 Å². The molecule has 1 aromatic heterocycles. The molecule has 2 aromatic carbocycles. The zero-order valence-electron chi connectivity index (χ0n) is 16.4. The van der Waals surface area contributed by atoms with Crippen LogP contribution in [0.15, 0.2) is 59.0 Å². The van der Waals surface area contributed by atoms with Crippen LogP contribution in [-0.2, 0) is 9.53 Å². The summed E-state index contributed by atoms with van der Waals surface area (Å²) in [4.78, 5) is 15.4. The van der Waals surface area contributed by atoms with E-state index in [0.717, 1.165) is 47.1 Å². The number of unbranched alkanes of at least 4 members (excludes halogenated alkanes) is 1. The summed E-state index contributed by atoms with van der Waals surface area (Å²) in [6.07, 6.45) is 2.84. The van der Waals surface area contributed by atoms with E-state index in [1.165, 1.54) is 0 Å². The van der Waals surface area contributed by atoms with Gasteiger partial charge in [-0.25, -0.2) is 0 Å². The van der Waals surface area contributed by atoms with E-state index < -0.39 is 0 Å². The molecule has 1 aliphatic rings. The minimum Gasteiger partial charge on any atom is -0.460 e. The van der Waals surface area contributed by atoms with Crippen molar-refractivity contribution in [2.75, 3.05) is 26.3 Å². The molecule has 4 heteroatoms. The molecule has 1 aliphatic heterocycles. The van der Waals surface area contributed by atoms with Crippen molar-refractivity contribution < 1.29 is 13.9 Å². The number of amides is 1. The second-order valence-electron chi connectivity index (χ2n) is 7.34. The van der Waals surface area contributed by atoms with Crippen LogP contribution in [0.2, 0.25) is 0 Å². The molecule has 0 saturated carbocycles. The van der Waals surface area contributed by atoms with Crippen LogP contribution in [0.4, 0.5) is 0 Å². The van der Waals surface area contributed by atoms with Crippen LogP contribution in [0, 0.1) is 0 Å². The van der Waals surface area contributed by atoms with Crippen molar-refractivity contribution in [1.29, 1.82) is 0 Å². The summed E-state index contributed by atoms with van der Waals surface area (Å²) in [7, 11) is 0. The van der Waals surface area contributed by atoms with Gasteiger partial charge < -0.3 is 14.1 Å². The zero-order chi connectivity index (χ0) is 19.3. The van der Waals surface area contributed by atoms with E-state index in [1.54, 1.807) is 0 Å². The van der Waals surface area contributed by atoms with Crippen molar-refractivity contribution in [2.45, 2.75) is 32.1 Å². The number of carbonyl (C=O) groups excluding carboxylic acids is 1. The van der Waals surface area contributed by atoms with Gasteiger partial charge in [-0.2, -0.15) is 0 Å². The number of para-hydroxylation sites is 1. The molecule has 0 spiro atoms. The molecule has 0 N–H and O–H groups in total. The molecule has 0 radical (unpaired) electrons. The van der Waals surface area contributed by atoms with Crippen molar-refractivity contribution in [2.24, 2.45) is 0 Å². The summed E-state index contributed by atoms with van der Waals surface area (Å²) in [6, 6.07) is 18.3. The van der Waals surface area contributed by atoms with Crippen LogP contribution in [0.3, 0.4) is 0 Å². The van der Waals surface area contributed by atoms with Gasteiger partial charge in [0.05, 0.1) is 19.1 Å². The van der Waals surface area contributed by atoms with Crippen LogP contribution in [0.1, 0.15) is 37.9 Å². The maximum Gasteiger partial charge on any atom is 0.233 e. The Morgan fingerprint density at radius 3 is 2.50 bits per heavy atom. The van der Waals surface area contributed by atoms with Gasteiger partial charge in [0.25, 0.3) is 0 Å². The number of hydrogen-bond acceptors (Lipinski definition) is 3. The maximum atomic E-state index is 13.5. The molecular weight excluding hydrogens is 350 g/mol. The third-order valence-electron chi connectivity index (χ3n) is 5.47. The molecule has 4 nitrogen and oxygen atoms in total. The van der Waals surface area contributed by atoms with E-state index in [0.29, 0.717) is 26.3 Å². The first-order valence-electron chi connectivity index (χ1n) is 10.2. The lowest BCUT2D eigenvalue weighted by molar-refractivity contribution is -0.137. The number of rotatable bonds is 6. The lowest BCUT2D eigenvalue weighted by atomic mass is 9.91. The van der Waals surface area contributed by atoms with E-state index in [1.807, 2.05) is 41.3 Å². The van der Waals surface area contributed by atoms with E-state index in [9.17, 15) is 4.79 Å². The summed E-state index contributed by atoms with van der Waals surface area (Å²) in [5.74, 6) is 0.700. The van der Waals surface area contributed by atoms with Gasteiger partial charge in [0.15, 0.2) is 0 Å². The maximum absolute atomic E-state index is 13.5. The second-order valence-corrected chi connectivity index (χ2v) is 7.34. The number of carbonyl (C=O) groups is 1. The van der Waals surface area contributed by atoms with Crippen molar-refractivity contribution in [3.05, 3.63) is 60.4 Å². The van der Waals surface area contributed by atoms with Crippen molar-refractivity contribution in [3.8, 4) is 11.1 Å². The molecule has 2 heterocycles. The molecule has 146 valence electrons. The molecule has 1 unspecified atom stereocenters. The van der Waals surface area contributed by atoms with Gasteiger partial charge >= 0.3 is 0 Å². The summed E-state index contributed by atoms with van der Waals surface area (Å²) < 4.78 is 11.8. The van der Waals surface area contributed by atoms with Crippen molar-refractivity contribution >= 4 is 16.9 Å².